The third-order valence-corrected chi connectivity index (χ3v) is 14.8. The van der Waals surface area contributed by atoms with Gasteiger partial charge in [0.05, 0.1) is 35.5 Å². The first-order chi connectivity index (χ1) is 38.9. The lowest BCUT2D eigenvalue weighted by molar-refractivity contribution is -0.254. The molecule has 0 N–H and O–H groups in total. The van der Waals surface area contributed by atoms with Gasteiger partial charge in [0.2, 0.25) is 0 Å². The van der Waals surface area contributed by atoms with E-state index in [-0.39, 0.29) is 117 Å². The SMILES string of the molecule is C=C(C)C(=O)OC1C(C)CC(C(F)(F)F)CC1C(F)(F)F.C=C(C)C(=O)OC1CC(C)CC(C(F)(F)F)C1.C=C(C)C(=O)OC1CCC(C(F)(F)F)C1.C=C(C)C(=O)OC1CCC(C(F)(F)F)CC1.C=C(C)C(=O)OC1CCCC(C(F)(F)F)CC1. The molecule has 28 heteroatoms. The highest BCUT2D eigenvalue weighted by Crippen LogP contribution is 2.49. The van der Waals surface area contributed by atoms with Gasteiger partial charge in [-0.05, 0) is 156 Å². The van der Waals surface area contributed by atoms with Crippen LogP contribution in [0, 0.1) is 47.3 Å². The van der Waals surface area contributed by atoms with E-state index in [4.69, 9.17) is 23.7 Å². The maximum absolute atomic E-state index is 13.0. The van der Waals surface area contributed by atoms with Crippen molar-refractivity contribution < 1.29 is 127 Å². The Morgan fingerprint density at radius 2 is 0.616 bits per heavy atom. The van der Waals surface area contributed by atoms with Crippen LogP contribution < -0.4 is 0 Å². The number of esters is 5. The molecule has 0 amide bonds. The molecule has 0 saturated heterocycles. The van der Waals surface area contributed by atoms with Crippen LogP contribution in [0.1, 0.15) is 158 Å². The van der Waals surface area contributed by atoms with Gasteiger partial charge in [0, 0.05) is 27.9 Å². The Kier molecular flexibility index (Phi) is 30.6. The first-order valence-electron chi connectivity index (χ1n) is 27.7. The normalized spacial score (nSPS) is 28.1. The van der Waals surface area contributed by atoms with E-state index in [1.807, 2.05) is 0 Å². The Balaban J connectivity index is 0.000000540. The van der Waals surface area contributed by atoms with E-state index in [0.29, 0.717) is 19.3 Å². The molecule has 86 heavy (non-hydrogen) atoms. The average Bonchev–Trinajstić information content (AvgIpc) is 3.37. The number of carbonyl (C=O) groups excluding carboxylic acids is 5. The molecular weight excluding hydrogens is 1200 g/mol. The summed E-state index contributed by atoms with van der Waals surface area (Å²) in [5.41, 5.74) is 0.887. The molecule has 5 aliphatic rings. The smallest absolute Gasteiger partial charge is 0.395 e. The number of rotatable bonds is 10. The van der Waals surface area contributed by atoms with Crippen LogP contribution in [0.25, 0.3) is 0 Å². The van der Waals surface area contributed by atoms with E-state index in [2.05, 4.69) is 32.9 Å². The molecule has 10 nitrogen and oxygen atoms in total. The second-order valence-electron chi connectivity index (χ2n) is 23.0. The van der Waals surface area contributed by atoms with Crippen LogP contribution >= 0.6 is 0 Å². The van der Waals surface area contributed by atoms with E-state index in [0.717, 1.165) is 0 Å². The summed E-state index contributed by atoms with van der Waals surface area (Å²) in [6.45, 7) is 27.1. The number of carbonyl (C=O) groups is 5. The molecule has 0 bridgehead atoms. The van der Waals surface area contributed by atoms with Crippen LogP contribution in [0.2, 0.25) is 0 Å². The molecule has 0 aromatic carbocycles. The summed E-state index contributed by atoms with van der Waals surface area (Å²) in [4.78, 5) is 56.1. The Morgan fingerprint density at radius 1 is 0.314 bits per heavy atom. The summed E-state index contributed by atoms with van der Waals surface area (Å²) in [5.74, 6) is -14.0. The molecule has 0 aromatic heterocycles. The summed E-state index contributed by atoms with van der Waals surface area (Å²) >= 11 is 0. The fourth-order valence-electron chi connectivity index (χ4n) is 10.0. The second-order valence-corrected chi connectivity index (χ2v) is 23.0. The van der Waals surface area contributed by atoms with Gasteiger partial charge >= 0.3 is 66.9 Å². The van der Waals surface area contributed by atoms with Gasteiger partial charge in [0.15, 0.2) is 0 Å². The van der Waals surface area contributed by atoms with Crippen LogP contribution in [-0.4, -0.2) is 97.4 Å². The average molecular weight is 1280 g/mol. The van der Waals surface area contributed by atoms with Crippen molar-refractivity contribution in [2.24, 2.45) is 47.3 Å². The summed E-state index contributed by atoms with van der Waals surface area (Å²) in [7, 11) is 0. The topological polar surface area (TPSA) is 132 Å². The van der Waals surface area contributed by atoms with Gasteiger partial charge in [-0.3, -0.25) is 0 Å². The first-order valence-corrected chi connectivity index (χ1v) is 27.7. The third-order valence-electron chi connectivity index (χ3n) is 14.8. The largest absolute Gasteiger partial charge is 0.459 e. The molecule has 0 aliphatic heterocycles. The van der Waals surface area contributed by atoms with E-state index in [1.54, 1.807) is 6.92 Å². The molecule has 0 heterocycles. The van der Waals surface area contributed by atoms with Crippen LogP contribution in [0.4, 0.5) is 79.0 Å². The lowest BCUT2D eigenvalue weighted by Gasteiger charge is -2.41. The van der Waals surface area contributed by atoms with Crippen LogP contribution in [0.5, 0.6) is 0 Å². The molecule has 5 aliphatic carbocycles. The van der Waals surface area contributed by atoms with Gasteiger partial charge in [-0.2, -0.15) is 79.0 Å². The monoisotopic (exact) mass is 1280 g/mol. The standard InChI is InChI=1S/C13H16F6O2.2C12H17F3O2.C11H15F3O2.C10H13F3O2/c1-6(2)11(20)21-10-7(3)4-8(12(14,15)16)5-9(10)13(17,18)19;1-7(2)11(16)17-10-5-8(3)4-9(6-10)12(13,14)15;1-8(2)11(16)17-10-5-3-4-9(6-7-10)12(13,14)15;1-7(2)10(15)16-9-5-3-8(4-6-9)11(12,13)14;1-6(2)9(14)15-8-4-3-7(5-8)10(11,12)13/h7-10H,1,4-5H2,2-3H3;8-10H,1,4-6H2,2-3H3;9-10H,1,3-7H2,2H3;8-9H,1,3-6H2,2H3;7-8H,1,3-5H2,2H3. The van der Waals surface area contributed by atoms with Crippen LogP contribution in [0.15, 0.2) is 60.8 Å². The highest BCUT2D eigenvalue weighted by Gasteiger charge is 2.57. The molecule has 0 radical (unpaired) electrons. The van der Waals surface area contributed by atoms with Crippen molar-refractivity contribution in [1.29, 1.82) is 0 Å². The van der Waals surface area contributed by atoms with Crippen molar-refractivity contribution in [2.45, 2.75) is 225 Å². The van der Waals surface area contributed by atoms with Crippen LogP contribution in [0.3, 0.4) is 0 Å². The quantitative estimate of drug-likeness (QED) is 0.0685. The van der Waals surface area contributed by atoms with Gasteiger partial charge in [0.25, 0.3) is 0 Å². The molecule has 11 unspecified atom stereocenters. The molecular formula is C58H78F18O10. The van der Waals surface area contributed by atoms with Gasteiger partial charge < -0.3 is 23.7 Å². The Labute approximate surface area is 488 Å². The van der Waals surface area contributed by atoms with E-state index in [9.17, 15) is 103 Å². The predicted molar refractivity (Wildman–Crippen MR) is 278 cm³/mol. The minimum absolute atomic E-state index is 0.0393. The number of alkyl halides is 18. The van der Waals surface area contributed by atoms with Gasteiger partial charge in [-0.25, -0.2) is 24.0 Å². The maximum atomic E-state index is 13.0. The highest BCUT2D eigenvalue weighted by atomic mass is 19.4. The van der Waals surface area contributed by atoms with E-state index >= 15 is 0 Å². The molecule has 5 saturated carbocycles. The predicted octanol–water partition coefficient (Wildman–Crippen LogP) is 17.4. The van der Waals surface area contributed by atoms with Crippen molar-refractivity contribution in [3.8, 4) is 0 Å². The molecule has 0 aromatic rings. The summed E-state index contributed by atoms with van der Waals surface area (Å²) < 4.78 is 251. The summed E-state index contributed by atoms with van der Waals surface area (Å²) in [5, 5.41) is 0. The van der Waals surface area contributed by atoms with E-state index < -0.39 is 146 Å². The van der Waals surface area contributed by atoms with Crippen molar-refractivity contribution in [2.75, 3.05) is 0 Å². The molecule has 5 rings (SSSR count). The highest BCUT2D eigenvalue weighted by molar-refractivity contribution is 5.88. The number of hydrogen-bond donors (Lipinski definition) is 0. The number of ether oxygens (including phenoxy) is 5. The van der Waals surface area contributed by atoms with Crippen LogP contribution in [-0.2, 0) is 47.7 Å². The number of halogens is 18. The molecule has 496 valence electrons. The van der Waals surface area contributed by atoms with Crippen molar-refractivity contribution in [1.82, 2.24) is 0 Å². The summed E-state index contributed by atoms with van der Waals surface area (Å²) in [6, 6.07) is 0. The zero-order valence-corrected chi connectivity index (χ0v) is 48.9. The summed E-state index contributed by atoms with van der Waals surface area (Å²) in [6.07, 6.45) is -28.8. The Hall–Kier alpha value is -5.21. The molecule has 0 spiro atoms. The number of hydrogen-bond acceptors (Lipinski definition) is 10. The third kappa shape index (κ3) is 28.7. The fourth-order valence-corrected chi connectivity index (χ4v) is 10.0. The first kappa shape index (κ1) is 78.8. The zero-order valence-electron chi connectivity index (χ0n) is 48.9. The minimum Gasteiger partial charge on any atom is -0.459 e. The molecule has 5 fully saturated rings. The minimum atomic E-state index is -4.86. The maximum Gasteiger partial charge on any atom is 0.395 e. The Bertz CT molecular complexity index is 2290. The second kappa shape index (κ2) is 33.4. The zero-order chi connectivity index (χ0) is 66.8. The molecule has 11 atom stereocenters. The van der Waals surface area contributed by atoms with Gasteiger partial charge in [0.1, 0.15) is 30.5 Å². The Morgan fingerprint density at radius 3 is 0.977 bits per heavy atom. The lowest BCUT2D eigenvalue weighted by Crippen LogP contribution is -2.48. The fraction of sp³-hybridized carbons (Fsp3) is 0.741. The van der Waals surface area contributed by atoms with Gasteiger partial charge in [-0.15, -0.1) is 0 Å². The van der Waals surface area contributed by atoms with E-state index in [1.165, 1.54) is 41.5 Å². The van der Waals surface area contributed by atoms with Crippen molar-refractivity contribution in [3.63, 3.8) is 0 Å². The van der Waals surface area contributed by atoms with Crippen molar-refractivity contribution in [3.05, 3.63) is 60.8 Å². The van der Waals surface area contributed by atoms with Crippen molar-refractivity contribution >= 4 is 29.8 Å². The van der Waals surface area contributed by atoms with Gasteiger partial charge in [-0.1, -0.05) is 46.7 Å². The lowest BCUT2D eigenvalue weighted by atomic mass is 9.73.